The molecule has 1 unspecified atom stereocenters. The van der Waals surface area contributed by atoms with E-state index in [4.69, 9.17) is 0 Å². The monoisotopic (exact) mass is 205 g/mol. The summed E-state index contributed by atoms with van der Waals surface area (Å²) in [5.41, 5.74) is 1.25. The van der Waals surface area contributed by atoms with Gasteiger partial charge >= 0.3 is 0 Å². The summed E-state index contributed by atoms with van der Waals surface area (Å²) < 4.78 is 1.84. The molecule has 0 fully saturated rings. The van der Waals surface area contributed by atoms with E-state index in [1.165, 1.54) is 5.56 Å². The molecule has 82 valence electrons. The van der Waals surface area contributed by atoms with Gasteiger partial charge in [0.05, 0.1) is 6.20 Å². The van der Waals surface area contributed by atoms with Gasteiger partial charge in [0, 0.05) is 31.3 Å². The number of aryl methyl sites for hydroxylation is 1. The molecule has 1 rings (SSSR count). The standard InChI is InChI=1S/C12H19N3/c1-4-6-7-8-12(13-5-2)11-9-14-15(3)10-11/h9-10,12-13H,5,7-8H2,1-3H3. The Morgan fingerprint density at radius 1 is 1.60 bits per heavy atom. The summed E-state index contributed by atoms with van der Waals surface area (Å²) in [7, 11) is 1.94. The van der Waals surface area contributed by atoms with Crippen LogP contribution in [0.1, 0.15) is 38.3 Å². The Morgan fingerprint density at radius 3 is 2.93 bits per heavy atom. The van der Waals surface area contributed by atoms with Crippen LogP contribution < -0.4 is 5.32 Å². The highest BCUT2D eigenvalue weighted by molar-refractivity contribution is 5.11. The number of hydrogen-bond acceptors (Lipinski definition) is 2. The summed E-state index contributed by atoms with van der Waals surface area (Å²) in [5, 5.41) is 7.64. The summed E-state index contributed by atoms with van der Waals surface area (Å²) in [6.07, 6.45) is 5.96. The van der Waals surface area contributed by atoms with Gasteiger partial charge in [-0.3, -0.25) is 4.68 Å². The molecule has 1 aromatic rings. The lowest BCUT2D eigenvalue weighted by atomic mass is 10.1. The molecule has 1 aromatic heterocycles. The third-order valence-electron chi connectivity index (χ3n) is 2.31. The van der Waals surface area contributed by atoms with E-state index in [-0.39, 0.29) is 0 Å². The Kier molecular flexibility index (Phi) is 4.92. The molecule has 0 amide bonds. The molecule has 0 aliphatic rings. The predicted molar refractivity (Wildman–Crippen MR) is 62.3 cm³/mol. The number of nitrogens with zero attached hydrogens (tertiary/aromatic N) is 2. The lowest BCUT2D eigenvalue weighted by Crippen LogP contribution is -2.20. The van der Waals surface area contributed by atoms with Crippen molar-refractivity contribution >= 4 is 0 Å². The van der Waals surface area contributed by atoms with Crippen molar-refractivity contribution in [3.8, 4) is 11.8 Å². The Morgan fingerprint density at radius 2 is 2.40 bits per heavy atom. The van der Waals surface area contributed by atoms with Crippen LogP contribution in [0.4, 0.5) is 0 Å². The molecule has 0 saturated heterocycles. The second-order valence-corrected chi connectivity index (χ2v) is 3.52. The van der Waals surface area contributed by atoms with Crippen LogP contribution in [0.3, 0.4) is 0 Å². The fourth-order valence-electron chi connectivity index (χ4n) is 1.59. The van der Waals surface area contributed by atoms with Gasteiger partial charge in [-0.25, -0.2) is 0 Å². The first kappa shape index (κ1) is 11.8. The molecular weight excluding hydrogens is 186 g/mol. The van der Waals surface area contributed by atoms with Gasteiger partial charge in [-0.1, -0.05) is 6.92 Å². The zero-order valence-corrected chi connectivity index (χ0v) is 9.75. The largest absolute Gasteiger partial charge is 0.310 e. The maximum Gasteiger partial charge on any atom is 0.0537 e. The quantitative estimate of drug-likeness (QED) is 0.744. The van der Waals surface area contributed by atoms with Crippen molar-refractivity contribution in [2.45, 2.75) is 32.7 Å². The van der Waals surface area contributed by atoms with Crippen LogP contribution in [0.15, 0.2) is 12.4 Å². The van der Waals surface area contributed by atoms with Crippen LogP contribution in [0.5, 0.6) is 0 Å². The lowest BCUT2D eigenvalue weighted by molar-refractivity contribution is 0.522. The molecule has 0 spiro atoms. The second kappa shape index (κ2) is 6.26. The third-order valence-corrected chi connectivity index (χ3v) is 2.31. The van der Waals surface area contributed by atoms with Gasteiger partial charge in [0.25, 0.3) is 0 Å². The second-order valence-electron chi connectivity index (χ2n) is 3.52. The number of hydrogen-bond donors (Lipinski definition) is 1. The molecule has 0 radical (unpaired) electrons. The van der Waals surface area contributed by atoms with E-state index in [0.29, 0.717) is 6.04 Å². The maximum absolute atomic E-state index is 4.19. The minimum Gasteiger partial charge on any atom is -0.310 e. The van der Waals surface area contributed by atoms with Gasteiger partial charge in [0.15, 0.2) is 0 Å². The smallest absolute Gasteiger partial charge is 0.0537 e. The lowest BCUT2D eigenvalue weighted by Gasteiger charge is -2.14. The number of aromatic nitrogens is 2. The van der Waals surface area contributed by atoms with Gasteiger partial charge in [-0.05, 0) is 19.9 Å². The average Bonchev–Trinajstić information content (AvgIpc) is 2.64. The van der Waals surface area contributed by atoms with Crippen LogP contribution in [-0.2, 0) is 7.05 Å². The van der Waals surface area contributed by atoms with E-state index in [1.807, 2.05) is 24.9 Å². The van der Waals surface area contributed by atoms with E-state index in [0.717, 1.165) is 19.4 Å². The van der Waals surface area contributed by atoms with Gasteiger partial charge in [-0.15, -0.1) is 11.8 Å². The van der Waals surface area contributed by atoms with Crippen LogP contribution in [-0.4, -0.2) is 16.3 Å². The first-order valence-corrected chi connectivity index (χ1v) is 5.39. The number of rotatable bonds is 5. The van der Waals surface area contributed by atoms with Gasteiger partial charge < -0.3 is 5.32 Å². The summed E-state index contributed by atoms with van der Waals surface area (Å²) in [6, 6.07) is 0.379. The van der Waals surface area contributed by atoms with Crippen molar-refractivity contribution in [1.29, 1.82) is 0 Å². The minimum atomic E-state index is 0.379. The van der Waals surface area contributed by atoms with E-state index in [2.05, 4.69) is 35.4 Å². The fourth-order valence-corrected chi connectivity index (χ4v) is 1.59. The molecule has 15 heavy (non-hydrogen) atoms. The first-order valence-electron chi connectivity index (χ1n) is 5.39. The Bertz CT molecular complexity index is 343. The molecule has 3 heteroatoms. The van der Waals surface area contributed by atoms with E-state index >= 15 is 0 Å². The van der Waals surface area contributed by atoms with Gasteiger partial charge in [-0.2, -0.15) is 5.10 Å². The zero-order valence-electron chi connectivity index (χ0n) is 9.75. The third kappa shape index (κ3) is 3.77. The van der Waals surface area contributed by atoms with Gasteiger partial charge in [0.1, 0.15) is 0 Å². The highest BCUT2D eigenvalue weighted by atomic mass is 15.2. The maximum atomic E-state index is 4.19. The zero-order chi connectivity index (χ0) is 11.1. The van der Waals surface area contributed by atoms with Crippen LogP contribution in [0, 0.1) is 11.8 Å². The highest BCUT2D eigenvalue weighted by Crippen LogP contribution is 2.16. The Labute approximate surface area is 91.9 Å². The van der Waals surface area contributed by atoms with Gasteiger partial charge in [0.2, 0.25) is 0 Å². The first-order chi connectivity index (χ1) is 7.27. The van der Waals surface area contributed by atoms with E-state index in [9.17, 15) is 0 Å². The van der Waals surface area contributed by atoms with Crippen molar-refractivity contribution < 1.29 is 0 Å². The Hall–Kier alpha value is -1.27. The molecular formula is C12H19N3. The molecule has 0 saturated carbocycles. The molecule has 1 N–H and O–H groups in total. The van der Waals surface area contributed by atoms with Crippen molar-refractivity contribution in [1.82, 2.24) is 15.1 Å². The predicted octanol–water partition coefficient (Wildman–Crippen LogP) is 1.87. The average molecular weight is 205 g/mol. The molecule has 0 aliphatic heterocycles. The molecule has 3 nitrogen and oxygen atoms in total. The van der Waals surface area contributed by atoms with Crippen molar-refractivity contribution in [3.63, 3.8) is 0 Å². The molecule has 0 aliphatic carbocycles. The number of nitrogens with one attached hydrogen (secondary N) is 1. The fraction of sp³-hybridized carbons (Fsp3) is 0.583. The van der Waals surface area contributed by atoms with Crippen LogP contribution in [0.25, 0.3) is 0 Å². The molecule has 0 bridgehead atoms. The summed E-state index contributed by atoms with van der Waals surface area (Å²) >= 11 is 0. The van der Waals surface area contributed by atoms with Crippen molar-refractivity contribution in [2.75, 3.05) is 6.54 Å². The van der Waals surface area contributed by atoms with Crippen LogP contribution >= 0.6 is 0 Å². The summed E-state index contributed by atoms with van der Waals surface area (Å²) in [5.74, 6) is 6.02. The molecule has 1 heterocycles. The normalized spacial score (nSPS) is 11.9. The minimum absolute atomic E-state index is 0.379. The van der Waals surface area contributed by atoms with E-state index in [1.54, 1.807) is 0 Å². The molecule has 1 atom stereocenters. The summed E-state index contributed by atoms with van der Waals surface area (Å²) in [4.78, 5) is 0. The molecule has 0 aromatic carbocycles. The van der Waals surface area contributed by atoms with Crippen molar-refractivity contribution in [3.05, 3.63) is 18.0 Å². The van der Waals surface area contributed by atoms with Crippen LogP contribution in [0.2, 0.25) is 0 Å². The Balaban J connectivity index is 2.59. The van der Waals surface area contributed by atoms with E-state index < -0.39 is 0 Å². The van der Waals surface area contributed by atoms with Crippen molar-refractivity contribution in [2.24, 2.45) is 7.05 Å². The summed E-state index contributed by atoms with van der Waals surface area (Å²) in [6.45, 7) is 4.97. The SMILES string of the molecule is CC#CCCC(NCC)c1cnn(C)c1. The highest BCUT2D eigenvalue weighted by Gasteiger charge is 2.10. The topological polar surface area (TPSA) is 29.9 Å².